The highest BCUT2D eigenvalue weighted by molar-refractivity contribution is 7.87. The molecule has 0 spiro atoms. The molecule has 20 nitrogen and oxygen atoms in total. The van der Waals surface area contributed by atoms with Crippen LogP contribution in [-0.4, -0.2) is 140 Å². The van der Waals surface area contributed by atoms with Gasteiger partial charge in [-0.1, -0.05) is 18.6 Å². The van der Waals surface area contributed by atoms with Gasteiger partial charge in [-0.2, -0.15) is 29.8 Å². The zero-order valence-corrected chi connectivity index (χ0v) is 43.0. The van der Waals surface area contributed by atoms with Gasteiger partial charge in [0.25, 0.3) is 30.4 Å². The fraction of sp³-hybridized carbons (Fsp3) is 0.447. The Balaban J connectivity index is 1.62. The molecule has 24 heteroatoms. The Morgan fingerprint density at radius 2 is 1.24 bits per heavy atom. The molecule has 2 aliphatic heterocycles. The molecule has 0 saturated heterocycles. The first-order valence-electron chi connectivity index (χ1n) is 22.5. The van der Waals surface area contributed by atoms with Crippen LogP contribution in [0.4, 0.5) is 11.4 Å². The first-order valence-corrected chi connectivity index (χ1v) is 28.2. The van der Waals surface area contributed by atoms with E-state index in [1.807, 2.05) is 42.4 Å². The summed E-state index contributed by atoms with van der Waals surface area (Å²) in [7, 11) is -17.4. The van der Waals surface area contributed by atoms with Gasteiger partial charge < -0.3 is 33.5 Å². The minimum Gasteiger partial charge on any atom is -0.744 e. The van der Waals surface area contributed by atoms with Crippen molar-refractivity contribution in [1.82, 2.24) is 0 Å². The lowest BCUT2D eigenvalue weighted by Gasteiger charge is -2.31. The molecule has 4 N–H and O–H groups in total. The average Bonchev–Trinajstić information content (AvgIpc) is 3.67. The van der Waals surface area contributed by atoms with Crippen LogP contribution in [-0.2, 0) is 75.0 Å². The second kappa shape index (κ2) is 21.8. The summed E-state index contributed by atoms with van der Waals surface area (Å²) < 4.78 is 170. The summed E-state index contributed by atoms with van der Waals surface area (Å²) in [4.78, 5) is 10.2. The van der Waals surface area contributed by atoms with Crippen LogP contribution in [0.1, 0.15) is 70.4 Å². The summed E-state index contributed by atoms with van der Waals surface area (Å²) >= 11 is 0. The SMILES string of the molecule is CC[N+]1=C(/C=C/C=C2/N(CCCCCC(=O)O)c3ccc4c(S(=O)(=O)[O-])cc(S(=O)(=O)O)cc4c3C2(C)CCOCCOC)C(C)(CCOCCOC)c2c1ccc1c(S(=O)(=O)O)cc(S(=O)(=O)O)cc21. The number of allylic oxidation sites excluding steroid dienone is 4. The largest absolute Gasteiger partial charge is 0.744 e. The molecule has 71 heavy (non-hydrogen) atoms. The number of benzene rings is 4. The number of nitrogens with zero attached hydrogens (tertiary/aromatic N) is 2. The lowest BCUT2D eigenvalue weighted by molar-refractivity contribution is -0.433. The molecular formula is C47H58N2O18S4. The van der Waals surface area contributed by atoms with Gasteiger partial charge in [-0.25, -0.2) is 8.42 Å². The highest BCUT2D eigenvalue weighted by Gasteiger charge is 2.49. The van der Waals surface area contributed by atoms with Crippen molar-refractivity contribution in [3.63, 3.8) is 0 Å². The van der Waals surface area contributed by atoms with Gasteiger partial charge in [0.1, 0.15) is 21.6 Å². The van der Waals surface area contributed by atoms with Crippen LogP contribution >= 0.6 is 0 Å². The molecular weight excluding hydrogens is 1010 g/mol. The maximum Gasteiger partial charge on any atom is 0.303 e. The molecule has 0 fully saturated rings. The third kappa shape index (κ3) is 11.7. The summed E-state index contributed by atoms with van der Waals surface area (Å²) in [6, 6.07) is 9.74. The molecule has 0 aliphatic carbocycles. The van der Waals surface area contributed by atoms with Crippen molar-refractivity contribution in [3.8, 4) is 0 Å². The lowest BCUT2D eigenvalue weighted by Crippen LogP contribution is -2.33. The van der Waals surface area contributed by atoms with Crippen LogP contribution in [0, 0.1) is 0 Å². The van der Waals surface area contributed by atoms with E-state index in [2.05, 4.69) is 0 Å². The van der Waals surface area contributed by atoms with Crippen molar-refractivity contribution in [2.45, 2.75) is 89.7 Å². The number of rotatable bonds is 25. The number of hydrogen-bond donors (Lipinski definition) is 4. The van der Waals surface area contributed by atoms with Crippen LogP contribution in [0.15, 0.2) is 92.0 Å². The summed E-state index contributed by atoms with van der Waals surface area (Å²) in [5.41, 5.74) is 1.00. The predicted octanol–water partition coefficient (Wildman–Crippen LogP) is 5.98. The van der Waals surface area contributed by atoms with Crippen LogP contribution in [0.25, 0.3) is 21.5 Å². The number of unbranched alkanes of at least 4 members (excludes halogenated alkanes) is 2. The fourth-order valence-electron chi connectivity index (χ4n) is 9.80. The quantitative estimate of drug-likeness (QED) is 0.0337. The molecule has 2 heterocycles. The van der Waals surface area contributed by atoms with Gasteiger partial charge in [0, 0.05) is 80.3 Å². The van der Waals surface area contributed by atoms with Crippen LogP contribution in [0.2, 0.25) is 0 Å². The second-order valence-corrected chi connectivity index (χ2v) is 23.2. The molecule has 0 saturated carbocycles. The standard InChI is InChI=1S/C47H58N2O18S4/c1-6-48-37-16-14-33-35(27-31(68(52,53)54)29-39(33)70(58,59)60)44(37)46(2,18-21-66-25-23-64-4)41(48)11-10-12-42-47(3,19-22-67-26-24-65-5)45-36-28-32(69(55,56)57)30-40(71(61,62)63)34(36)15-17-38(45)49(42)20-9-7-8-13-43(50)51/h10-12,14-17,27-30H,6-9,13,18-26H2,1-5H3,(H4-,50,51,52,53,54,55,56,57,58,59,60,61,62,63). The van der Waals surface area contributed by atoms with Gasteiger partial charge >= 0.3 is 5.97 Å². The van der Waals surface area contributed by atoms with Crippen molar-refractivity contribution in [2.75, 3.05) is 71.9 Å². The molecule has 2 aliphatic rings. The number of carboxylic acid groups (broad SMARTS) is 1. The summed E-state index contributed by atoms with van der Waals surface area (Å²) in [6.07, 6.45) is 7.12. The third-order valence-corrected chi connectivity index (χ3v) is 16.5. The minimum absolute atomic E-state index is 0.00269. The van der Waals surface area contributed by atoms with E-state index in [0.29, 0.717) is 78.4 Å². The topological polar surface area (TPSA) is 301 Å². The molecule has 0 amide bonds. The Kier molecular flexibility index (Phi) is 17.1. The smallest absolute Gasteiger partial charge is 0.303 e. The molecule has 4 aromatic carbocycles. The number of fused-ring (bicyclic) bond motifs is 6. The van der Waals surface area contributed by atoms with Crippen molar-refractivity contribution >= 4 is 85.1 Å². The zero-order valence-electron chi connectivity index (χ0n) is 39.8. The van der Waals surface area contributed by atoms with E-state index in [0.717, 1.165) is 12.1 Å². The van der Waals surface area contributed by atoms with Crippen LogP contribution in [0.5, 0.6) is 0 Å². The fourth-order valence-corrected chi connectivity index (χ4v) is 12.5. The van der Waals surface area contributed by atoms with Gasteiger partial charge in [-0.05, 0) is 111 Å². The van der Waals surface area contributed by atoms with Crippen molar-refractivity contribution in [1.29, 1.82) is 0 Å². The minimum atomic E-state index is -5.32. The van der Waals surface area contributed by atoms with Crippen LogP contribution < -0.4 is 4.90 Å². The summed E-state index contributed by atoms with van der Waals surface area (Å²) in [5, 5.41) is 9.45. The van der Waals surface area contributed by atoms with Crippen molar-refractivity contribution < 1.29 is 85.3 Å². The van der Waals surface area contributed by atoms with Gasteiger partial charge in [-0.3, -0.25) is 18.5 Å². The molecule has 4 aromatic rings. The maximum absolute atomic E-state index is 12.8. The van der Waals surface area contributed by atoms with Gasteiger partial charge in [0.05, 0.1) is 46.5 Å². The van der Waals surface area contributed by atoms with Gasteiger partial charge in [0.15, 0.2) is 5.71 Å². The molecule has 2 unspecified atom stereocenters. The van der Waals surface area contributed by atoms with E-state index >= 15 is 0 Å². The summed E-state index contributed by atoms with van der Waals surface area (Å²) in [5.74, 6) is -0.958. The Morgan fingerprint density at radius 1 is 0.690 bits per heavy atom. The maximum atomic E-state index is 12.8. The Labute approximate surface area is 413 Å². The average molecular weight is 1070 g/mol. The van der Waals surface area contributed by atoms with Crippen molar-refractivity contribution in [2.24, 2.45) is 0 Å². The first-order chi connectivity index (χ1) is 33.2. The predicted molar refractivity (Wildman–Crippen MR) is 261 cm³/mol. The highest BCUT2D eigenvalue weighted by atomic mass is 32.2. The van der Waals surface area contributed by atoms with Gasteiger partial charge in [0.2, 0.25) is 5.69 Å². The molecule has 0 aromatic heterocycles. The number of methoxy groups -OCH3 is 2. The third-order valence-electron chi connectivity index (χ3n) is 13.1. The van der Waals surface area contributed by atoms with E-state index in [9.17, 15) is 61.8 Å². The second-order valence-electron chi connectivity index (χ2n) is 17.6. The van der Waals surface area contributed by atoms with Crippen molar-refractivity contribution in [3.05, 3.63) is 83.6 Å². The highest BCUT2D eigenvalue weighted by Crippen LogP contribution is 2.54. The number of carbonyl (C=O) groups is 1. The van der Waals surface area contributed by atoms with Gasteiger partial charge in [-0.15, -0.1) is 0 Å². The molecule has 2 atom stereocenters. The van der Waals surface area contributed by atoms with E-state index in [1.54, 1.807) is 18.2 Å². The molecule has 6 rings (SSSR count). The number of anilines is 1. The monoisotopic (exact) mass is 1070 g/mol. The number of ether oxygens (including phenoxy) is 4. The van der Waals surface area contributed by atoms with E-state index in [-0.39, 0.29) is 80.4 Å². The summed E-state index contributed by atoms with van der Waals surface area (Å²) in [6.45, 7) is 7.47. The Hall–Kier alpha value is -4.70. The van der Waals surface area contributed by atoms with E-state index in [1.165, 1.54) is 26.4 Å². The first kappa shape index (κ1) is 55.6. The van der Waals surface area contributed by atoms with E-state index < -0.39 is 76.9 Å². The number of aliphatic carboxylic acids is 1. The Bertz CT molecular complexity index is 3280. The Morgan fingerprint density at radius 3 is 1.77 bits per heavy atom. The van der Waals surface area contributed by atoms with E-state index in [4.69, 9.17) is 18.9 Å². The normalized spacial score (nSPS) is 19.2. The zero-order chi connectivity index (χ0) is 52.3. The molecule has 388 valence electrons. The number of hydrogen-bond acceptors (Lipinski definition) is 15. The molecule has 0 radical (unpaired) electrons. The molecule has 0 bridgehead atoms. The lowest BCUT2D eigenvalue weighted by atomic mass is 9.74. The van der Waals surface area contributed by atoms with Crippen LogP contribution in [0.3, 0.4) is 0 Å². The number of carboxylic acids is 1.